The molecule has 0 fully saturated rings. The zero-order valence-electron chi connectivity index (χ0n) is 13.2. The van der Waals surface area contributed by atoms with E-state index >= 15 is 0 Å². The minimum absolute atomic E-state index is 0.0609. The van der Waals surface area contributed by atoms with Gasteiger partial charge in [-0.3, -0.25) is 0 Å². The molecule has 0 saturated carbocycles. The number of nitriles is 1. The Morgan fingerprint density at radius 1 is 1.00 bits per heavy atom. The molecule has 0 saturated heterocycles. The first-order chi connectivity index (χ1) is 9.73. The topological polar surface area (TPSA) is 94.9 Å². The number of ether oxygens (including phenoxy) is 2. The lowest BCUT2D eigenvalue weighted by atomic mass is 9.98. The smallest absolute Gasteiger partial charge is 0.353 e. The van der Waals surface area contributed by atoms with Gasteiger partial charge in [-0.05, 0) is 34.6 Å². The van der Waals surface area contributed by atoms with Crippen LogP contribution in [0.25, 0.3) is 0 Å². The molecule has 0 N–H and O–H groups in total. The van der Waals surface area contributed by atoms with Gasteiger partial charge in [0.15, 0.2) is 0 Å². The minimum Gasteiger partial charge on any atom is -0.463 e. The van der Waals surface area contributed by atoms with Crippen LogP contribution in [0.1, 0.15) is 47.5 Å². The van der Waals surface area contributed by atoms with Gasteiger partial charge in [0.05, 0.1) is 24.9 Å². The lowest BCUT2D eigenvalue weighted by molar-refractivity contribution is -0.391. The highest BCUT2D eigenvalue weighted by Gasteiger charge is 2.52. The molecule has 0 aliphatic heterocycles. The molecular formula is C14H23NO6. The van der Waals surface area contributed by atoms with Gasteiger partial charge < -0.3 is 9.47 Å². The summed E-state index contributed by atoms with van der Waals surface area (Å²) in [6.45, 7) is 8.40. The number of nitrogens with zero attached hydrogens (tertiary/aromatic N) is 1. The Kier molecular flexibility index (Phi) is 7.92. The molecule has 0 aromatic carbocycles. The van der Waals surface area contributed by atoms with Crippen LogP contribution in [-0.2, 0) is 28.8 Å². The molecule has 120 valence electrons. The van der Waals surface area contributed by atoms with Crippen LogP contribution in [0.2, 0.25) is 0 Å². The Hall–Kier alpha value is -1.65. The van der Waals surface area contributed by atoms with E-state index in [0.717, 1.165) is 0 Å². The van der Waals surface area contributed by atoms with Crippen molar-refractivity contribution in [3.05, 3.63) is 0 Å². The van der Waals surface area contributed by atoms with Crippen LogP contribution >= 0.6 is 0 Å². The highest BCUT2D eigenvalue weighted by atomic mass is 17.2. The zero-order valence-corrected chi connectivity index (χ0v) is 13.2. The number of esters is 2. The number of carbonyl (C=O) groups is 2. The van der Waals surface area contributed by atoms with Crippen molar-refractivity contribution >= 4 is 11.9 Å². The molecule has 0 unspecified atom stereocenters. The lowest BCUT2D eigenvalue weighted by Gasteiger charge is -2.30. The molecule has 0 heterocycles. The van der Waals surface area contributed by atoms with Gasteiger partial charge in [0, 0.05) is 12.8 Å². The SMILES string of the molecule is CCOC(=O)C(CCC#N)(OOC(C)(C)C)C(=O)OCC. The van der Waals surface area contributed by atoms with Gasteiger partial charge in [-0.1, -0.05) is 0 Å². The molecule has 0 amide bonds. The molecule has 0 aromatic heterocycles. The number of hydrogen-bond acceptors (Lipinski definition) is 7. The second kappa shape index (κ2) is 8.60. The summed E-state index contributed by atoms with van der Waals surface area (Å²) < 4.78 is 9.77. The normalized spacial score (nSPS) is 11.6. The number of hydrogen-bond donors (Lipinski definition) is 0. The largest absolute Gasteiger partial charge is 0.463 e. The molecule has 7 heteroatoms. The van der Waals surface area contributed by atoms with E-state index in [9.17, 15) is 9.59 Å². The molecule has 0 spiro atoms. The van der Waals surface area contributed by atoms with Crippen molar-refractivity contribution in [1.29, 1.82) is 5.26 Å². The van der Waals surface area contributed by atoms with Gasteiger partial charge in [-0.2, -0.15) is 5.26 Å². The van der Waals surface area contributed by atoms with Crippen molar-refractivity contribution in [1.82, 2.24) is 0 Å². The van der Waals surface area contributed by atoms with Gasteiger partial charge in [0.25, 0.3) is 5.60 Å². The maximum atomic E-state index is 12.2. The lowest BCUT2D eigenvalue weighted by Crippen LogP contribution is -2.52. The zero-order chi connectivity index (χ0) is 16.5. The first-order valence-electron chi connectivity index (χ1n) is 6.81. The maximum absolute atomic E-state index is 12.2. The van der Waals surface area contributed by atoms with Gasteiger partial charge in [-0.15, -0.1) is 0 Å². The summed E-state index contributed by atoms with van der Waals surface area (Å²) >= 11 is 0. The molecule has 0 aliphatic rings. The quantitative estimate of drug-likeness (QED) is 0.292. The summed E-state index contributed by atoms with van der Waals surface area (Å²) in [7, 11) is 0. The van der Waals surface area contributed by atoms with Crippen LogP contribution in [0, 0.1) is 11.3 Å². The predicted octanol–water partition coefficient (Wildman–Crippen LogP) is 1.90. The van der Waals surface area contributed by atoms with Crippen molar-refractivity contribution in [3.8, 4) is 6.07 Å². The van der Waals surface area contributed by atoms with E-state index in [1.54, 1.807) is 34.6 Å². The Bertz CT molecular complexity index is 375. The Labute approximate surface area is 125 Å². The van der Waals surface area contributed by atoms with Crippen molar-refractivity contribution < 1.29 is 28.8 Å². The molecule has 0 aromatic rings. The third-order valence-electron chi connectivity index (χ3n) is 2.23. The van der Waals surface area contributed by atoms with Gasteiger partial charge in [0.1, 0.15) is 0 Å². The average Bonchev–Trinajstić information content (AvgIpc) is 2.38. The van der Waals surface area contributed by atoms with Gasteiger partial charge in [-0.25, -0.2) is 19.4 Å². The van der Waals surface area contributed by atoms with Crippen LogP contribution in [0.4, 0.5) is 0 Å². The second-order valence-corrected chi connectivity index (χ2v) is 5.21. The highest BCUT2D eigenvalue weighted by molar-refractivity contribution is 6.03. The van der Waals surface area contributed by atoms with E-state index in [-0.39, 0.29) is 26.1 Å². The van der Waals surface area contributed by atoms with Crippen LogP contribution in [0.3, 0.4) is 0 Å². The van der Waals surface area contributed by atoms with E-state index in [2.05, 4.69) is 0 Å². The van der Waals surface area contributed by atoms with Crippen molar-refractivity contribution in [2.45, 2.75) is 58.7 Å². The fourth-order valence-electron chi connectivity index (χ4n) is 1.32. The van der Waals surface area contributed by atoms with Gasteiger partial charge >= 0.3 is 11.9 Å². The summed E-state index contributed by atoms with van der Waals surface area (Å²) in [5, 5.41) is 8.73. The third kappa shape index (κ3) is 6.10. The monoisotopic (exact) mass is 301 g/mol. The Balaban J connectivity index is 5.44. The van der Waals surface area contributed by atoms with E-state index in [1.807, 2.05) is 6.07 Å². The maximum Gasteiger partial charge on any atom is 0.353 e. The van der Waals surface area contributed by atoms with Gasteiger partial charge in [0.2, 0.25) is 0 Å². The summed E-state index contributed by atoms with van der Waals surface area (Å²) in [5.74, 6) is -1.86. The van der Waals surface area contributed by atoms with Crippen molar-refractivity contribution in [2.75, 3.05) is 13.2 Å². The van der Waals surface area contributed by atoms with E-state index in [4.69, 9.17) is 24.5 Å². The van der Waals surface area contributed by atoms with Crippen LogP contribution in [0.5, 0.6) is 0 Å². The fraction of sp³-hybridized carbons (Fsp3) is 0.786. The van der Waals surface area contributed by atoms with Crippen LogP contribution in [0.15, 0.2) is 0 Å². The summed E-state index contributed by atoms with van der Waals surface area (Å²) in [6, 6.07) is 1.86. The molecular weight excluding hydrogens is 278 g/mol. The predicted molar refractivity (Wildman–Crippen MR) is 72.8 cm³/mol. The van der Waals surface area contributed by atoms with E-state index in [1.165, 1.54) is 0 Å². The molecule has 0 rings (SSSR count). The standard InChI is InChI=1S/C14H23NO6/c1-6-18-11(16)14(9-8-10-15,12(17)19-7-2)21-20-13(3,4)5/h6-9H2,1-5H3. The Morgan fingerprint density at radius 2 is 1.48 bits per heavy atom. The highest BCUT2D eigenvalue weighted by Crippen LogP contribution is 2.26. The first kappa shape index (κ1) is 19.4. The third-order valence-corrected chi connectivity index (χ3v) is 2.23. The van der Waals surface area contributed by atoms with Crippen molar-refractivity contribution in [2.24, 2.45) is 0 Å². The summed E-state index contributed by atoms with van der Waals surface area (Å²) in [6.07, 6.45) is -0.303. The second-order valence-electron chi connectivity index (χ2n) is 5.21. The minimum atomic E-state index is -2.09. The molecule has 0 aliphatic carbocycles. The summed E-state index contributed by atoms with van der Waals surface area (Å²) in [4.78, 5) is 34.6. The van der Waals surface area contributed by atoms with Crippen LogP contribution in [-0.4, -0.2) is 36.4 Å². The molecule has 21 heavy (non-hydrogen) atoms. The van der Waals surface area contributed by atoms with Crippen LogP contribution < -0.4 is 0 Å². The average molecular weight is 301 g/mol. The molecule has 0 bridgehead atoms. The molecule has 0 atom stereocenters. The molecule has 0 radical (unpaired) electrons. The van der Waals surface area contributed by atoms with E-state index < -0.39 is 23.1 Å². The van der Waals surface area contributed by atoms with E-state index in [0.29, 0.717) is 0 Å². The number of rotatable bonds is 8. The van der Waals surface area contributed by atoms with Crippen molar-refractivity contribution in [3.63, 3.8) is 0 Å². The fourth-order valence-corrected chi connectivity index (χ4v) is 1.32. The Morgan fingerprint density at radius 3 is 1.81 bits per heavy atom. The number of carbonyl (C=O) groups excluding carboxylic acids is 2. The first-order valence-corrected chi connectivity index (χ1v) is 6.81. The summed E-state index contributed by atoms with van der Waals surface area (Å²) in [5.41, 5.74) is -2.84. The molecule has 7 nitrogen and oxygen atoms in total.